The summed E-state index contributed by atoms with van der Waals surface area (Å²) in [4.78, 5) is 33.8. The molecule has 0 aromatic carbocycles. The smallest absolute Gasteiger partial charge is 0.363 e. The van der Waals surface area contributed by atoms with E-state index >= 15 is 0 Å². The highest BCUT2D eigenvalue weighted by molar-refractivity contribution is 7.80. The van der Waals surface area contributed by atoms with Gasteiger partial charge in [-0.15, -0.1) is 4.28 Å². The van der Waals surface area contributed by atoms with E-state index in [1.165, 1.54) is 24.2 Å². The fourth-order valence-electron chi connectivity index (χ4n) is 3.21. The zero-order valence-corrected chi connectivity index (χ0v) is 16.4. The predicted octanol–water partition coefficient (Wildman–Crippen LogP) is -0.201. The molecule has 1 unspecified atom stereocenters. The maximum atomic E-state index is 11.4. The maximum absolute atomic E-state index is 11.4. The van der Waals surface area contributed by atoms with Crippen LogP contribution in [0.3, 0.4) is 0 Å². The van der Waals surface area contributed by atoms with Gasteiger partial charge in [-0.25, -0.2) is 10.3 Å². The molecule has 12 nitrogen and oxygen atoms in total. The molecule has 2 bridgehead atoms. The summed E-state index contributed by atoms with van der Waals surface area (Å²) in [5, 5.41) is 0.738. The second-order valence-electron chi connectivity index (χ2n) is 6.56. The van der Waals surface area contributed by atoms with Gasteiger partial charge in [0, 0.05) is 26.2 Å². The minimum absolute atomic E-state index is 0.266. The largest absolute Gasteiger partial charge is 0.418 e. The van der Waals surface area contributed by atoms with Gasteiger partial charge in [-0.05, 0) is 32.1 Å². The number of hydrogen-bond donors (Lipinski definition) is 2. The number of hydrogen-bond acceptors (Lipinski definition) is 7. The number of carbonyl (C=O) groups is 2. The summed E-state index contributed by atoms with van der Waals surface area (Å²) in [5.41, 5.74) is 2.12. The first-order chi connectivity index (χ1) is 13.4. The number of nitrogens with zero attached hydrogens (tertiary/aromatic N) is 4. The molecule has 0 radical (unpaired) electrons. The molecule has 28 heavy (non-hydrogen) atoms. The number of hydroxylamine groups is 3. The standard InChI is InChI=1S/C9H17N3O2.C6H10N2O5S/c13-9-11-14-7-4-10-8-12-5-2-1-3-6-12;9-6-7-3-1-2-5(4-7)8(6)13-14(10,11)12/h8-9H,1-7H2,(H,11,13);5H,1-4H2,(H,10,11,12). The lowest BCUT2D eigenvalue weighted by Gasteiger charge is -2.23. The molecule has 0 aliphatic carbocycles. The Morgan fingerprint density at radius 3 is 2.61 bits per heavy atom. The zero-order chi connectivity index (χ0) is 20.4. The van der Waals surface area contributed by atoms with Crippen LogP contribution in [-0.2, 0) is 24.3 Å². The van der Waals surface area contributed by atoms with Crippen LogP contribution in [0.25, 0.3) is 0 Å². The number of rotatable bonds is 8. The zero-order valence-electron chi connectivity index (χ0n) is 15.6. The molecule has 160 valence electrons. The van der Waals surface area contributed by atoms with Gasteiger partial charge in [0.2, 0.25) is 6.41 Å². The van der Waals surface area contributed by atoms with Crippen molar-refractivity contribution >= 4 is 29.2 Å². The van der Waals surface area contributed by atoms with Crippen LogP contribution in [0.1, 0.15) is 32.1 Å². The van der Waals surface area contributed by atoms with Crippen molar-refractivity contribution in [1.29, 1.82) is 0 Å². The van der Waals surface area contributed by atoms with Gasteiger partial charge in [0.25, 0.3) is 0 Å². The highest BCUT2D eigenvalue weighted by atomic mass is 32.3. The first-order valence-electron chi connectivity index (χ1n) is 9.21. The van der Waals surface area contributed by atoms with Crippen molar-refractivity contribution in [2.75, 3.05) is 39.3 Å². The van der Waals surface area contributed by atoms with Crippen molar-refractivity contribution in [2.45, 2.75) is 38.1 Å². The molecule has 0 aromatic rings. The quantitative estimate of drug-likeness (QED) is 0.137. The molecule has 0 saturated carbocycles. The van der Waals surface area contributed by atoms with E-state index in [0.29, 0.717) is 39.1 Å². The van der Waals surface area contributed by atoms with E-state index in [9.17, 15) is 18.0 Å². The van der Waals surface area contributed by atoms with Crippen molar-refractivity contribution in [3.63, 3.8) is 0 Å². The van der Waals surface area contributed by atoms with Crippen molar-refractivity contribution in [1.82, 2.24) is 20.3 Å². The number of carbonyl (C=O) groups excluding carboxylic acids is 2. The fourth-order valence-corrected chi connectivity index (χ4v) is 3.60. The highest BCUT2D eigenvalue weighted by Gasteiger charge is 2.42. The minimum atomic E-state index is -4.60. The van der Waals surface area contributed by atoms with E-state index in [1.54, 1.807) is 0 Å². The SMILES string of the molecule is O=C1N2CCCC(C2)N1OS(=O)(=O)O.O=CNOCCN=CN1CCCCC1. The predicted molar refractivity (Wildman–Crippen MR) is 98.4 cm³/mol. The van der Waals surface area contributed by atoms with Gasteiger partial charge in [-0.1, -0.05) is 0 Å². The maximum Gasteiger partial charge on any atom is 0.418 e. The van der Waals surface area contributed by atoms with Gasteiger partial charge in [0.15, 0.2) is 0 Å². The first kappa shape index (κ1) is 22.3. The molecule has 3 saturated heterocycles. The van der Waals surface area contributed by atoms with Crippen LogP contribution < -0.4 is 5.48 Å². The summed E-state index contributed by atoms with van der Waals surface area (Å²) in [7, 11) is -4.60. The topological polar surface area (TPSA) is 141 Å². The van der Waals surface area contributed by atoms with E-state index in [4.69, 9.17) is 9.39 Å². The summed E-state index contributed by atoms with van der Waals surface area (Å²) in [6.45, 7) is 4.29. The van der Waals surface area contributed by atoms with Crippen molar-refractivity contribution in [3.05, 3.63) is 0 Å². The average Bonchev–Trinajstić information content (AvgIpc) is 2.88. The number of urea groups is 1. The van der Waals surface area contributed by atoms with Crippen LogP contribution in [0, 0.1) is 0 Å². The molecule has 1 atom stereocenters. The van der Waals surface area contributed by atoms with E-state index in [-0.39, 0.29) is 6.04 Å². The molecule has 0 aromatic heterocycles. The first-order valence-corrected chi connectivity index (χ1v) is 10.6. The van der Waals surface area contributed by atoms with Crippen molar-refractivity contribution < 1.29 is 31.7 Å². The Hall–Kier alpha value is -1.96. The molecule has 3 aliphatic rings. The molecule has 3 amide bonds. The Kier molecular flexibility index (Phi) is 8.89. The lowest BCUT2D eigenvalue weighted by molar-refractivity contribution is -0.120. The van der Waals surface area contributed by atoms with Gasteiger partial charge < -0.3 is 9.80 Å². The van der Waals surface area contributed by atoms with Crippen LogP contribution in [0.5, 0.6) is 0 Å². The van der Waals surface area contributed by atoms with E-state index in [1.807, 2.05) is 6.34 Å². The molecule has 3 fully saturated rings. The summed E-state index contributed by atoms with van der Waals surface area (Å²) in [6, 6.07) is -0.761. The highest BCUT2D eigenvalue weighted by Crippen LogP contribution is 2.26. The number of nitrogens with one attached hydrogen (secondary N) is 1. The lowest BCUT2D eigenvalue weighted by Crippen LogP contribution is -2.35. The Balaban J connectivity index is 0.000000200. The van der Waals surface area contributed by atoms with Gasteiger partial charge in [0.05, 0.1) is 25.5 Å². The van der Waals surface area contributed by atoms with Gasteiger partial charge in [-0.3, -0.25) is 19.2 Å². The van der Waals surface area contributed by atoms with Crippen molar-refractivity contribution in [3.8, 4) is 0 Å². The normalized spacial score (nSPS) is 22.2. The summed E-state index contributed by atoms with van der Waals surface area (Å²) in [6.07, 6.45) is 7.75. The molecule has 3 aliphatic heterocycles. The second-order valence-corrected chi connectivity index (χ2v) is 7.56. The van der Waals surface area contributed by atoms with E-state index in [0.717, 1.165) is 24.6 Å². The van der Waals surface area contributed by atoms with Crippen LogP contribution in [-0.4, -0.2) is 92.0 Å². The molecular weight excluding hydrogens is 394 g/mol. The second kappa shape index (κ2) is 11.1. The summed E-state index contributed by atoms with van der Waals surface area (Å²) >= 11 is 0. The molecule has 3 heterocycles. The third-order valence-corrected chi connectivity index (χ3v) is 4.80. The van der Waals surface area contributed by atoms with Crippen LogP contribution in [0.2, 0.25) is 0 Å². The minimum Gasteiger partial charge on any atom is -0.363 e. The Morgan fingerprint density at radius 1 is 1.21 bits per heavy atom. The number of amides is 3. The van der Waals surface area contributed by atoms with Gasteiger partial charge >= 0.3 is 16.4 Å². The Morgan fingerprint density at radius 2 is 1.96 bits per heavy atom. The fraction of sp³-hybridized carbons (Fsp3) is 0.800. The van der Waals surface area contributed by atoms with Crippen LogP contribution in [0.15, 0.2) is 4.99 Å². The number of fused-ring (bicyclic) bond motifs is 2. The summed E-state index contributed by atoms with van der Waals surface area (Å²) < 4.78 is 33.5. The van der Waals surface area contributed by atoms with Gasteiger partial charge in [0.1, 0.15) is 0 Å². The number of likely N-dealkylation sites (tertiary alicyclic amines) is 1. The Bertz CT molecular complexity index is 639. The Labute approximate surface area is 164 Å². The third-order valence-electron chi connectivity index (χ3n) is 4.45. The van der Waals surface area contributed by atoms with Crippen molar-refractivity contribution in [2.24, 2.45) is 4.99 Å². The molecule has 13 heteroatoms. The number of piperidine rings is 2. The van der Waals surface area contributed by atoms with Crippen LogP contribution >= 0.6 is 0 Å². The van der Waals surface area contributed by atoms with Crippen LogP contribution in [0.4, 0.5) is 4.79 Å². The lowest BCUT2D eigenvalue weighted by atomic mass is 10.1. The molecule has 2 N–H and O–H groups in total. The van der Waals surface area contributed by atoms with E-state index in [2.05, 4.69) is 19.7 Å². The average molecular weight is 421 g/mol. The van der Waals surface area contributed by atoms with Gasteiger partial charge in [-0.2, -0.15) is 13.5 Å². The molecule has 0 spiro atoms. The third kappa shape index (κ3) is 7.58. The molecule has 3 rings (SSSR count). The monoisotopic (exact) mass is 421 g/mol. The summed E-state index contributed by atoms with van der Waals surface area (Å²) in [5.74, 6) is 0. The van der Waals surface area contributed by atoms with E-state index < -0.39 is 16.4 Å². The molecular formula is C15H27N5O7S. The number of aliphatic imine (C=N–C) groups is 1.